The second-order valence-corrected chi connectivity index (χ2v) is 6.75. The van der Waals surface area contributed by atoms with Gasteiger partial charge in [0.25, 0.3) is 0 Å². The Kier molecular flexibility index (Phi) is 11.0. The van der Waals surface area contributed by atoms with E-state index in [1.54, 1.807) is 24.3 Å². The Bertz CT molecular complexity index is 1030. The topological polar surface area (TPSA) is 26.0 Å². The summed E-state index contributed by atoms with van der Waals surface area (Å²) in [5.74, 6) is 2.52. The van der Waals surface area contributed by atoms with Crippen molar-refractivity contribution < 1.29 is 22.0 Å². The molecule has 0 heterocycles. The molecule has 0 unspecified atom stereocenters. The summed E-state index contributed by atoms with van der Waals surface area (Å²) < 4.78 is 63.7. The number of anilines is 1. The van der Waals surface area contributed by atoms with E-state index in [1.807, 2.05) is 0 Å². The molecular weight excluding hydrogens is 421 g/mol. The molecule has 0 amide bonds. The summed E-state index contributed by atoms with van der Waals surface area (Å²) in [4.78, 5) is 0. The summed E-state index contributed by atoms with van der Waals surface area (Å²) >= 11 is 0. The lowest BCUT2D eigenvalue weighted by Gasteiger charge is -2.05. The van der Waals surface area contributed by atoms with Crippen LogP contribution >= 0.6 is 0 Å². The van der Waals surface area contributed by atoms with Crippen molar-refractivity contribution in [2.24, 2.45) is 0 Å². The van der Waals surface area contributed by atoms with Gasteiger partial charge in [0.1, 0.15) is 29.0 Å². The van der Waals surface area contributed by atoms with Gasteiger partial charge in [0.2, 0.25) is 0 Å². The molecule has 3 rings (SSSR count). The lowest BCUT2D eigenvalue weighted by molar-refractivity contribution is 0.567. The number of rotatable bonds is 2. The van der Waals surface area contributed by atoms with Gasteiger partial charge in [-0.25, -0.2) is 17.6 Å². The molecule has 0 aliphatic rings. The third-order valence-corrected chi connectivity index (χ3v) is 4.43. The van der Waals surface area contributed by atoms with Crippen LogP contribution in [-0.4, -0.2) is 7.18 Å². The first-order valence-corrected chi connectivity index (χ1v) is 9.97. The molecule has 0 fully saturated rings. The highest BCUT2D eigenvalue weighted by molar-refractivity contribution is 5.67. The number of hydrogen-bond acceptors (Lipinski definition) is 1. The minimum Gasteiger partial charge on any atom is -0.394 e. The minimum absolute atomic E-state index is 0.0529. The van der Waals surface area contributed by atoms with Crippen molar-refractivity contribution in [2.45, 2.75) is 33.6 Å². The number of alkyl halides is 1. The molecule has 2 N–H and O–H groups in total. The zero-order valence-electron chi connectivity index (χ0n) is 18.5. The van der Waals surface area contributed by atoms with Gasteiger partial charge in [0.05, 0.1) is 7.18 Å². The fraction of sp³-hybridized carbons (Fsp3) is 0.231. The standard InChI is InChI=1S/C21H13F4N.C4H10.CH3F/c1-12-17(22)8-14(9-18(12)23)3-2-13-4-6-15(7-5-13)16-10-19(24)21(26)20(25)11-16;1-3-4-2;1-2/h4-11H,26H2,1H3;3-4H2,1-2H3;1H3. The molecule has 32 heavy (non-hydrogen) atoms. The van der Waals surface area contributed by atoms with Crippen LogP contribution in [-0.2, 0) is 0 Å². The van der Waals surface area contributed by atoms with Crippen molar-refractivity contribution >= 4 is 5.69 Å². The van der Waals surface area contributed by atoms with Crippen molar-refractivity contribution in [3.8, 4) is 23.0 Å². The van der Waals surface area contributed by atoms with Gasteiger partial charge < -0.3 is 5.73 Å². The van der Waals surface area contributed by atoms with E-state index in [-0.39, 0.29) is 11.1 Å². The van der Waals surface area contributed by atoms with Crippen LogP contribution < -0.4 is 5.73 Å². The average Bonchev–Trinajstić information content (AvgIpc) is 2.81. The zero-order chi connectivity index (χ0) is 24.3. The molecular formula is C26H26F5N. The van der Waals surface area contributed by atoms with Gasteiger partial charge in [-0.05, 0) is 54.4 Å². The third-order valence-electron chi connectivity index (χ3n) is 4.43. The van der Waals surface area contributed by atoms with E-state index in [0.29, 0.717) is 23.9 Å². The summed E-state index contributed by atoms with van der Waals surface area (Å²) in [6, 6.07) is 11.2. The van der Waals surface area contributed by atoms with Crippen LogP contribution in [0.3, 0.4) is 0 Å². The Hall–Kier alpha value is -3.33. The molecule has 0 atom stereocenters. The van der Waals surface area contributed by atoms with E-state index in [0.717, 1.165) is 12.1 Å². The first-order chi connectivity index (χ1) is 15.3. The molecule has 0 saturated heterocycles. The van der Waals surface area contributed by atoms with Gasteiger partial charge in [-0.15, -0.1) is 0 Å². The predicted octanol–water partition coefficient (Wildman–Crippen LogP) is 7.59. The first kappa shape index (κ1) is 26.7. The molecule has 0 saturated carbocycles. The molecule has 0 aliphatic heterocycles. The summed E-state index contributed by atoms with van der Waals surface area (Å²) in [5.41, 5.74) is 6.42. The molecule has 3 aromatic rings. The molecule has 170 valence electrons. The Morgan fingerprint density at radius 1 is 0.656 bits per heavy atom. The van der Waals surface area contributed by atoms with Crippen LogP contribution in [0.5, 0.6) is 0 Å². The van der Waals surface area contributed by atoms with Gasteiger partial charge in [-0.3, -0.25) is 4.39 Å². The van der Waals surface area contributed by atoms with Crippen LogP contribution in [0.25, 0.3) is 11.1 Å². The number of benzene rings is 3. The largest absolute Gasteiger partial charge is 0.394 e. The maximum absolute atomic E-state index is 13.6. The van der Waals surface area contributed by atoms with E-state index in [1.165, 1.54) is 31.9 Å². The van der Waals surface area contributed by atoms with E-state index in [2.05, 4.69) is 25.7 Å². The molecule has 6 heteroatoms. The predicted molar refractivity (Wildman–Crippen MR) is 121 cm³/mol. The first-order valence-electron chi connectivity index (χ1n) is 9.97. The van der Waals surface area contributed by atoms with Crippen molar-refractivity contribution in [3.63, 3.8) is 0 Å². The van der Waals surface area contributed by atoms with E-state index < -0.39 is 29.0 Å². The molecule has 1 nitrogen and oxygen atoms in total. The fourth-order valence-electron chi connectivity index (χ4n) is 2.36. The number of unbranched alkanes of at least 4 members (excludes halogenated alkanes) is 1. The minimum atomic E-state index is -0.827. The van der Waals surface area contributed by atoms with Crippen LogP contribution in [0.1, 0.15) is 43.4 Å². The van der Waals surface area contributed by atoms with Gasteiger partial charge in [-0.1, -0.05) is 50.7 Å². The fourth-order valence-corrected chi connectivity index (χ4v) is 2.36. The SMILES string of the molecule is CCCC.CF.Cc1c(F)cc(C#Cc2ccc(-c3cc(F)c(N)c(F)c3)cc2)cc1F. The second kappa shape index (κ2) is 13.2. The highest BCUT2D eigenvalue weighted by atomic mass is 19.1. The molecule has 3 aromatic carbocycles. The number of nitrogens with two attached hydrogens (primary N) is 1. The zero-order valence-corrected chi connectivity index (χ0v) is 18.5. The van der Waals surface area contributed by atoms with Crippen molar-refractivity contribution in [3.05, 3.63) is 88.5 Å². The van der Waals surface area contributed by atoms with Crippen LogP contribution in [0.2, 0.25) is 0 Å². The molecule has 0 aromatic heterocycles. The Morgan fingerprint density at radius 2 is 1.09 bits per heavy atom. The molecule has 0 radical (unpaired) electrons. The van der Waals surface area contributed by atoms with Gasteiger partial charge in [0.15, 0.2) is 0 Å². The van der Waals surface area contributed by atoms with Gasteiger partial charge in [0, 0.05) is 16.7 Å². The lowest BCUT2D eigenvalue weighted by Crippen LogP contribution is -1.96. The second-order valence-electron chi connectivity index (χ2n) is 6.75. The Morgan fingerprint density at radius 3 is 1.53 bits per heavy atom. The molecule has 0 aliphatic carbocycles. The quantitative estimate of drug-likeness (QED) is 0.244. The van der Waals surface area contributed by atoms with Crippen molar-refractivity contribution in [1.29, 1.82) is 0 Å². The van der Waals surface area contributed by atoms with Crippen LogP contribution in [0.15, 0.2) is 48.5 Å². The number of halogens is 5. The van der Waals surface area contributed by atoms with E-state index in [9.17, 15) is 22.0 Å². The highest BCUT2D eigenvalue weighted by Crippen LogP contribution is 2.26. The van der Waals surface area contributed by atoms with Gasteiger partial charge in [-0.2, -0.15) is 0 Å². The maximum Gasteiger partial charge on any atom is 0.149 e. The average molecular weight is 447 g/mol. The normalized spacial score (nSPS) is 9.53. The smallest absolute Gasteiger partial charge is 0.149 e. The summed E-state index contributed by atoms with van der Waals surface area (Å²) in [6.45, 7) is 5.71. The number of nitrogen functional groups attached to an aromatic ring is 1. The molecule has 0 spiro atoms. The van der Waals surface area contributed by atoms with Crippen LogP contribution in [0.4, 0.5) is 27.6 Å². The van der Waals surface area contributed by atoms with Crippen LogP contribution in [0, 0.1) is 42.0 Å². The summed E-state index contributed by atoms with van der Waals surface area (Å²) in [5, 5.41) is 0. The Labute approximate surface area is 186 Å². The number of hydrogen-bond donors (Lipinski definition) is 1. The Balaban J connectivity index is 0.000000769. The third kappa shape index (κ3) is 7.42. The lowest BCUT2D eigenvalue weighted by atomic mass is 10.0. The van der Waals surface area contributed by atoms with E-state index in [4.69, 9.17) is 5.73 Å². The van der Waals surface area contributed by atoms with Gasteiger partial charge >= 0.3 is 0 Å². The highest BCUT2D eigenvalue weighted by Gasteiger charge is 2.09. The summed E-state index contributed by atoms with van der Waals surface area (Å²) in [6.07, 6.45) is 2.64. The maximum atomic E-state index is 13.6. The molecule has 0 bridgehead atoms. The summed E-state index contributed by atoms with van der Waals surface area (Å²) in [7, 11) is 0.500. The van der Waals surface area contributed by atoms with Crippen molar-refractivity contribution in [1.82, 2.24) is 0 Å². The van der Waals surface area contributed by atoms with E-state index >= 15 is 0 Å². The van der Waals surface area contributed by atoms with Crippen molar-refractivity contribution in [2.75, 3.05) is 12.9 Å². The monoisotopic (exact) mass is 447 g/mol.